The van der Waals surface area contributed by atoms with Crippen molar-refractivity contribution >= 4 is 23.4 Å². The summed E-state index contributed by atoms with van der Waals surface area (Å²) in [5, 5.41) is 4.16. The van der Waals surface area contributed by atoms with Crippen molar-refractivity contribution in [1.29, 1.82) is 0 Å². The van der Waals surface area contributed by atoms with Gasteiger partial charge < -0.3 is 10.1 Å². The van der Waals surface area contributed by atoms with Crippen LogP contribution in [0.4, 0.5) is 0 Å². The Labute approximate surface area is 118 Å². The molecule has 0 radical (unpaired) electrons. The molecular weight excluding hydrogens is 266 g/mol. The molecule has 1 aliphatic rings. The van der Waals surface area contributed by atoms with Crippen LogP contribution in [0.15, 0.2) is 23.1 Å². The number of nitrogens with one attached hydrogen (secondary N) is 1. The van der Waals surface area contributed by atoms with E-state index in [0.29, 0.717) is 6.10 Å². The van der Waals surface area contributed by atoms with Gasteiger partial charge >= 0.3 is 0 Å². The molecule has 1 heterocycles. The Morgan fingerprint density at radius 3 is 3.06 bits per heavy atom. The predicted octanol–water partition coefficient (Wildman–Crippen LogP) is 3.72. The lowest BCUT2D eigenvalue weighted by molar-refractivity contribution is 0.129. The van der Waals surface area contributed by atoms with Gasteiger partial charge in [-0.05, 0) is 37.1 Å². The Morgan fingerprint density at radius 2 is 2.39 bits per heavy atom. The average Bonchev–Trinajstić information content (AvgIpc) is 2.88. The molecule has 1 atom stereocenters. The molecular formula is C14H20ClNOS. The maximum atomic E-state index is 6.30. The fraction of sp³-hybridized carbons (Fsp3) is 0.571. The molecule has 1 aromatic carbocycles. The SMILES string of the molecule is CCNCc1ccc(SCC2CCCO2)c(Cl)c1. The predicted molar refractivity (Wildman–Crippen MR) is 78.5 cm³/mol. The largest absolute Gasteiger partial charge is 0.377 e. The van der Waals surface area contributed by atoms with Crippen LogP contribution in [0.5, 0.6) is 0 Å². The Hall–Kier alpha value is -0.220. The summed E-state index contributed by atoms with van der Waals surface area (Å²) in [5.74, 6) is 1.01. The van der Waals surface area contributed by atoms with Gasteiger partial charge in [0, 0.05) is 23.8 Å². The summed E-state index contributed by atoms with van der Waals surface area (Å²) < 4.78 is 5.62. The zero-order valence-electron chi connectivity index (χ0n) is 10.7. The van der Waals surface area contributed by atoms with E-state index < -0.39 is 0 Å². The summed E-state index contributed by atoms with van der Waals surface area (Å²) in [6.45, 7) is 4.88. The van der Waals surface area contributed by atoms with Gasteiger partial charge in [0.2, 0.25) is 0 Å². The molecule has 18 heavy (non-hydrogen) atoms. The van der Waals surface area contributed by atoms with Crippen molar-refractivity contribution in [2.75, 3.05) is 18.9 Å². The van der Waals surface area contributed by atoms with Crippen molar-refractivity contribution in [3.63, 3.8) is 0 Å². The molecule has 1 saturated heterocycles. The van der Waals surface area contributed by atoms with E-state index in [2.05, 4.69) is 30.4 Å². The van der Waals surface area contributed by atoms with E-state index in [1.165, 1.54) is 18.4 Å². The smallest absolute Gasteiger partial charge is 0.0669 e. The summed E-state index contributed by atoms with van der Waals surface area (Å²) in [6.07, 6.45) is 2.79. The molecule has 1 fully saturated rings. The highest BCUT2D eigenvalue weighted by Gasteiger charge is 2.16. The van der Waals surface area contributed by atoms with Crippen molar-refractivity contribution < 1.29 is 4.74 Å². The second kappa shape index (κ2) is 7.39. The Bertz CT molecular complexity index is 380. The molecule has 1 N–H and O–H groups in total. The number of thioether (sulfide) groups is 1. The number of benzene rings is 1. The third-order valence-corrected chi connectivity index (χ3v) is 4.65. The van der Waals surface area contributed by atoms with Crippen LogP contribution in [0.25, 0.3) is 0 Å². The zero-order valence-corrected chi connectivity index (χ0v) is 12.3. The van der Waals surface area contributed by atoms with Gasteiger partial charge in [-0.3, -0.25) is 0 Å². The van der Waals surface area contributed by atoms with Crippen LogP contribution in [0.2, 0.25) is 5.02 Å². The third kappa shape index (κ3) is 4.16. The number of halogens is 1. The van der Waals surface area contributed by atoms with Crippen LogP contribution in [0.1, 0.15) is 25.3 Å². The lowest BCUT2D eigenvalue weighted by atomic mass is 10.2. The van der Waals surface area contributed by atoms with Crippen molar-refractivity contribution in [1.82, 2.24) is 5.32 Å². The fourth-order valence-corrected chi connectivity index (χ4v) is 3.36. The summed E-state index contributed by atoms with van der Waals surface area (Å²) in [4.78, 5) is 1.16. The van der Waals surface area contributed by atoms with E-state index >= 15 is 0 Å². The minimum atomic E-state index is 0.410. The third-order valence-electron chi connectivity index (χ3n) is 3.02. The van der Waals surface area contributed by atoms with Crippen molar-refractivity contribution in [3.05, 3.63) is 28.8 Å². The van der Waals surface area contributed by atoms with Gasteiger partial charge in [-0.25, -0.2) is 0 Å². The van der Waals surface area contributed by atoms with Gasteiger partial charge in [0.1, 0.15) is 0 Å². The van der Waals surface area contributed by atoms with Crippen molar-refractivity contribution in [2.24, 2.45) is 0 Å². The lowest BCUT2D eigenvalue weighted by Crippen LogP contribution is -2.11. The molecule has 1 unspecified atom stereocenters. The highest BCUT2D eigenvalue weighted by molar-refractivity contribution is 7.99. The van der Waals surface area contributed by atoms with Crippen molar-refractivity contribution in [3.8, 4) is 0 Å². The summed E-state index contributed by atoms with van der Waals surface area (Å²) >= 11 is 8.10. The van der Waals surface area contributed by atoms with E-state index in [0.717, 1.165) is 35.4 Å². The molecule has 1 aromatic rings. The first-order valence-electron chi connectivity index (χ1n) is 6.53. The van der Waals surface area contributed by atoms with Gasteiger partial charge in [0.05, 0.1) is 11.1 Å². The first kappa shape index (κ1) is 14.2. The van der Waals surface area contributed by atoms with Crippen LogP contribution in [0.3, 0.4) is 0 Å². The topological polar surface area (TPSA) is 21.3 Å². The molecule has 0 bridgehead atoms. The minimum Gasteiger partial charge on any atom is -0.377 e. The molecule has 0 spiro atoms. The van der Waals surface area contributed by atoms with Crippen LogP contribution in [-0.4, -0.2) is 25.0 Å². The standard InChI is InChI=1S/C14H20ClNOS/c1-2-16-9-11-5-6-14(13(15)8-11)18-10-12-4-3-7-17-12/h5-6,8,12,16H,2-4,7,9-10H2,1H3. The quantitative estimate of drug-likeness (QED) is 0.805. The summed E-state index contributed by atoms with van der Waals surface area (Å²) in [7, 11) is 0. The maximum Gasteiger partial charge on any atom is 0.0669 e. The molecule has 0 saturated carbocycles. The van der Waals surface area contributed by atoms with Crippen LogP contribution < -0.4 is 5.32 Å². The molecule has 0 amide bonds. The fourth-order valence-electron chi connectivity index (χ4n) is 2.00. The minimum absolute atomic E-state index is 0.410. The number of hydrogen-bond donors (Lipinski definition) is 1. The highest BCUT2D eigenvalue weighted by Crippen LogP contribution is 2.30. The highest BCUT2D eigenvalue weighted by atomic mass is 35.5. The second-order valence-corrected chi connectivity index (χ2v) is 5.96. The van der Waals surface area contributed by atoms with Gasteiger partial charge in [-0.2, -0.15) is 0 Å². The van der Waals surface area contributed by atoms with E-state index in [-0.39, 0.29) is 0 Å². The first-order valence-corrected chi connectivity index (χ1v) is 7.89. The molecule has 4 heteroatoms. The van der Waals surface area contributed by atoms with Gasteiger partial charge in [-0.15, -0.1) is 11.8 Å². The van der Waals surface area contributed by atoms with E-state index in [1.807, 2.05) is 0 Å². The number of ether oxygens (including phenoxy) is 1. The monoisotopic (exact) mass is 285 g/mol. The molecule has 0 aromatic heterocycles. The van der Waals surface area contributed by atoms with Crippen LogP contribution >= 0.6 is 23.4 Å². The number of rotatable bonds is 6. The Morgan fingerprint density at radius 1 is 1.50 bits per heavy atom. The van der Waals surface area contributed by atoms with E-state index in [4.69, 9.17) is 16.3 Å². The first-order chi connectivity index (χ1) is 8.79. The summed E-state index contributed by atoms with van der Waals surface area (Å²) in [6, 6.07) is 6.32. The van der Waals surface area contributed by atoms with Crippen molar-refractivity contribution in [2.45, 2.75) is 37.3 Å². The van der Waals surface area contributed by atoms with Crippen LogP contribution in [-0.2, 0) is 11.3 Å². The molecule has 0 aliphatic carbocycles. The number of hydrogen-bond acceptors (Lipinski definition) is 3. The van der Waals surface area contributed by atoms with Gasteiger partial charge in [0.15, 0.2) is 0 Å². The zero-order chi connectivity index (χ0) is 12.8. The lowest BCUT2D eigenvalue weighted by Gasteiger charge is -2.11. The average molecular weight is 286 g/mol. The molecule has 2 rings (SSSR count). The Kier molecular flexibility index (Phi) is 5.83. The normalized spacial score (nSPS) is 19.3. The molecule has 100 valence electrons. The Balaban J connectivity index is 1.87. The van der Waals surface area contributed by atoms with Crippen LogP contribution in [0, 0.1) is 0 Å². The van der Waals surface area contributed by atoms with E-state index in [9.17, 15) is 0 Å². The maximum absolute atomic E-state index is 6.30. The second-order valence-electron chi connectivity index (χ2n) is 4.49. The van der Waals surface area contributed by atoms with Gasteiger partial charge in [-0.1, -0.05) is 24.6 Å². The van der Waals surface area contributed by atoms with Gasteiger partial charge in [0.25, 0.3) is 0 Å². The molecule has 1 aliphatic heterocycles. The van der Waals surface area contributed by atoms with E-state index in [1.54, 1.807) is 11.8 Å². The molecule has 2 nitrogen and oxygen atoms in total. The summed E-state index contributed by atoms with van der Waals surface area (Å²) in [5.41, 5.74) is 1.24.